The normalized spacial score (nSPS) is 14.2. The summed E-state index contributed by atoms with van der Waals surface area (Å²) in [6.07, 6.45) is 4.46. The molecule has 0 saturated heterocycles. The van der Waals surface area contributed by atoms with Crippen molar-refractivity contribution in [2.45, 2.75) is 45.1 Å². The lowest BCUT2D eigenvalue weighted by Crippen LogP contribution is -2.14. The van der Waals surface area contributed by atoms with Gasteiger partial charge in [0, 0.05) is 5.33 Å². The summed E-state index contributed by atoms with van der Waals surface area (Å²) in [6.45, 7) is 1.64. The van der Waals surface area contributed by atoms with Crippen molar-refractivity contribution >= 4 is 26.3 Å². The molecule has 0 aromatic heterocycles. The van der Waals surface area contributed by atoms with Crippen LogP contribution in [0.15, 0.2) is 0 Å². The first-order valence-electron chi connectivity index (χ1n) is 4.67. The van der Waals surface area contributed by atoms with Crippen LogP contribution in [0.2, 0.25) is 0 Å². The van der Waals surface area contributed by atoms with Crippen LogP contribution in [-0.4, -0.2) is 24.4 Å². The van der Waals surface area contributed by atoms with Crippen molar-refractivity contribution in [1.82, 2.24) is 0 Å². The molecule has 0 unspecified atom stereocenters. The number of rotatable bonds is 8. The molecule has 6 heteroatoms. The van der Waals surface area contributed by atoms with Crippen molar-refractivity contribution in [1.29, 1.82) is 0 Å². The molecule has 86 valence electrons. The Bertz CT molecular complexity index is 227. The molecule has 0 aromatic carbocycles. The van der Waals surface area contributed by atoms with Gasteiger partial charge in [-0.15, -0.1) is 0 Å². The van der Waals surface area contributed by atoms with Crippen molar-refractivity contribution in [3.8, 4) is 0 Å². The van der Waals surface area contributed by atoms with Crippen LogP contribution in [0, 0.1) is 0 Å². The Morgan fingerprint density at radius 2 is 1.86 bits per heavy atom. The van der Waals surface area contributed by atoms with Gasteiger partial charge in [0.05, 0.1) is 6.10 Å². The molecule has 0 aliphatic rings. The minimum Gasteiger partial charge on any atom is -0.264 e. The number of alkyl halides is 1. The van der Waals surface area contributed by atoms with E-state index in [4.69, 9.17) is 4.55 Å². The van der Waals surface area contributed by atoms with Crippen LogP contribution in [0.1, 0.15) is 39.0 Å². The van der Waals surface area contributed by atoms with Gasteiger partial charge in [0.1, 0.15) is 0 Å². The average Bonchev–Trinajstić information content (AvgIpc) is 2.00. The summed E-state index contributed by atoms with van der Waals surface area (Å²) in [5.74, 6) is 0. The van der Waals surface area contributed by atoms with E-state index < -0.39 is 16.5 Å². The molecule has 1 atom stereocenters. The molecule has 0 bridgehead atoms. The molecule has 0 aliphatic heterocycles. The third kappa shape index (κ3) is 10.4. The van der Waals surface area contributed by atoms with Gasteiger partial charge in [-0.3, -0.25) is 4.55 Å². The summed E-state index contributed by atoms with van der Waals surface area (Å²) in [6, 6.07) is 0. The Labute approximate surface area is 94.1 Å². The topological polar surface area (TPSA) is 63.6 Å². The third-order valence-corrected chi connectivity index (χ3v) is 2.91. The van der Waals surface area contributed by atoms with Gasteiger partial charge in [0.15, 0.2) is 0 Å². The molecule has 0 saturated carbocycles. The lowest BCUT2D eigenvalue weighted by molar-refractivity contribution is 0.185. The van der Waals surface area contributed by atoms with Crippen molar-refractivity contribution in [3.05, 3.63) is 0 Å². The smallest absolute Gasteiger partial charge is 0.264 e. The molecule has 0 rings (SSSR count). The van der Waals surface area contributed by atoms with Gasteiger partial charge >= 0.3 is 10.4 Å². The summed E-state index contributed by atoms with van der Waals surface area (Å²) in [4.78, 5) is 0. The van der Waals surface area contributed by atoms with Crippen LogP contribution >= 0.6 is 15.9 Å². The lowest BCUT2D eigenvalue weighted by atomic mass is 10.1. The van der Waals surface area contributed by atoms with Crippen molar-refractivity contribution in [2.24, 2.45) is 0 Å². The maximum absolute atomic E-state index is 10.3. The molecule has 0 fully saturated rings. The van der Waals surface area contributed by atoms with Crippen LogP contribution in [0.5, 0.6) is 0 Å². The highest BCUT2D eigenvalue weighted by molar-refractivity contribution is 9.09. The minimum absolute atomic E-state index is 0.436. The number of hydrogen-bond donors (Lipinski definition) is 1. The second kappa shape index (κ2) is 7.62. The van der Waals surface area contributed by atoms with Gasteiger partial charge in [0.2, 0.25) is 0 Å². The summed E-state index contributed by atoms with van der Waals surface area (Å²) in [7, 11) is -4.28. The van der Waals surface area contributed by atoms with Gasteiger partial charge in [-0.2, -0.15) is 8.42 Å². The molecule has 0 aliphatic carbocycles. The third-order valence-electron chi connectivity index (χ3n) is 1.78. The zero-order chi connectivity index (χ0) is 11.0. The van der Waals surface area contributed by atoms with Crippen molar-refractivity contribution in [2.75, 3.05) is 5.33 Å². The van der Waals surface area contributed by atoms with E-state index in [9.17, 15) is 8.42 Å². The monoisotopic (exact) mass is 288 g/mol. The Balaban J connectivity index is 3.41. The van der Waals surface area contributed by atoms with E-state index in [1.165, 1.54) is 0 Å². The zero-order valence-corrected chi connectivity index (χ0v) is 10.7. The van der Waals surface area contributed by atoms with Gasteiger partial charge in [0.25, 0.3) is 0 Å². The van der Waals surface area contributed by atoms with E-state index in [-0.39, 0.29) is 0 Å². The van der Waals surface area contributed by atoms with Gasteiger partial charge < -0.3 is 0 Å². The Morgan fingerprint density at radius 3 is 2.36 bits per heavy atom. The van der Waals surface area contributed by atoms with Gasteiger partial charge in [-0.05, 0) is 19.8 Å². The molecular weight excluding hydrogens is 272 g/mol. The first-order chi connectivity index (χ1) is 6.45. The summed E-state index contributed by atoms with van der Waals surface area (Å²) >= 11 is 3.33. The molecule has 0 heterocycles. The van der Waals surface area contributed by atoms with E-state index in [1.807, 2.05) is 0 Å². The summed E-state index contributed by atoms with van der Waals surface area (Å²) < 4.78 is 33.3. The van der Waals surface area contributed by atoms with Crippen LogP contribution in [0.3, 0.4) is 0 Å². The fourth-order valence-electron chi connectivity index (χ4n) is 1.14. The van der Waals surface area contributed by atoms with Crippen LogP contribution in [0.25, 0.3) is 0 Å². The van der Waals surface area contributed by atoms with Crippen molar-refractivity contribution in [3.63, 3.8) is 0 Å². The fourth-order valence-corrected chi connectivity index (χ4v) is 2.04. The SMILES string of the molecule is C[C@@H](CCCCCCBr)OS(=O)(=O)O. The molecule has 0 aromatic rings. The standard InChI is InChI=1S/C8H17BrO4S/c1-8(13-14(10,11)12)6-4-2-3-5-7-9/h8H,2-7H2,1H3,(H,10,11,12)/t8-/m0/s1. The second-order valence-corrected chi connectivity index (χ2v) is 5.07. The molecule has 1 N–H and O–H groups in total. The van der Waals surface area contributed by atoms with E-state index in [0.717, 1.165) is 31.0 Å². The van der Waals surface area contributed by atoms with Crippen LogP contribution in [0.4, 0.5) is 0 Å². The van der Waals surface area contributed by atoms with E-state index in [1.54, 1.807) is 6.92 Å². The van der Waals surface area contributed by atoms with Gasteiger partial charge in [-0.25, -0.2) is 4.18 Å². The maximum Gasteiger partial charge on any atom is 0.397 e. The first-order valence-corrected chi connectivity index (χ1v) is 7.16. The Kier molecular flexibility index (Phi) is 7.81. The molecule has 4 nitrogen and oxygen atoms in total. The Morgan fingerprint density at radius 1 is 1.29 bits per heavy atom. The zero-order valence-electron chi connectivity index (χ0n) is 8.28. The van der Waals surface area contributed by atoms with Crippen LogP contribution < -0.4 is 0 Å². The van der Waals surface area contributed by atoms with Gasteiger partial charge in [-0.1, -0.05) is 35.2 Å². The van der Waals surface area contributed by atoms with E-state index in [0.29, 0.717) is 6.42 Å². The molecule has 0 amide bonds. The lowest BCUT2D eigenvalue weighted by Gasteiger charge is -2.08. The largest absolute Gasteiger partial charge is 0.397 e. The van der Waals surface area contributed by atoms with E-state index >= 15 is 0 Å². The van der Waals surface area contributed by atoms with Crippen LogP contribution in [-0.2, 0) is 14.6 Å². The molecular formula is C8H17BrO4S. The quantitative estimate of drug-likeness (QED) is 0.424. The first kappa shape index (κ1) is 14.3. The highest BCUT2D eigenvalue weighted by Crippen LogP contribution is 2.10. The highest BCUT2D eigenvalue weighted by atomic mass is 79.9. The summed E-state index contributed by atoms with van der Waals surface area (Å²) in [5, 5.41) is 1.00. The van der Waals surface area contributed by atoms with E-state index in [2.05, 4.69) is 20.1 Å². The highest BCUT2D eigenvalue weighted by Gasteiger charge is 2.11. The number of halogens is 1. The Hall–Kier alpha value is 0.350. The maximum atomic E-state index is 10.3. The second-order valence-electron chi connectivity index (χ2n) is 3.23. The number of unbranched alkanes of at least 4 members (excludes halogenated alkanes) is 3. The van der Waals surface area contributed by atoms with Crippen molar-refractivity contribution < 1.29 is 17.2 Å². The molecule has 0 spiro atoms. The predicted octanol–water partition coefficient (Wildman–Crippen LogP) is 2.54. The number of hydrogen-bond acceptors (Lipinski definition) is 3. The minimum atomic E-state index is -4.28. The summed E-state index contributed by atoms with van der Waals surface area (Å²) in [5.41, 5.74) is 0. The predicted molar refractivity (Wildman–Crippen MR) is 59.0 cm³/mol. The fraction of sp³-hybridized carbons (Fsp3) is 1.00. The molecule has 0 radical (unpaired) electrons. The average molecular weight is 289 g/mol. The molecule has 14 heavy (non-hydrogen) atoms.